The summed E-state index contributed by atoms with van der Waals surface area (Å²) < 4.78 is 11.4. The summed E-state index contributed by atoms with van der Waals surface area (Å²) in [6, 6.07) is 7.16. The maximum absolute atomic E-state index is 12.0. The van der Waals surface area contributed by atoms with Gasteiger partial charge in [-0.25, -0.2) is 9.78 Å². The number of likely N-dealkylation sites (N-methyl/N-ethyl adjacent to an activating group) is 1. The summed E-state index contributed by atoms with van der Waals surface area (Å²) in [5, 5.41) is 2.73. The molecule has 0 radical (unpaired) electrons. The molecule has 2 heterocycles. The van der Waals surface area contributed by atoms with E-state index in [9.17, 15) is 4.79 Å². The van der Waals surface area contributed by atoms with E-state index in [2.05, 4.69) is 32.1 Å². The number of aryl methyl sites for hydroxylation is 1. The van der Waals surface area contributed by atoms with Crippen LogP contribution in [0, 0.1) is 6.92 Å². The van der Waals surface area contributed by atoms with E-state index in [-0.39, 0.29) is 0 Å². The SMILES string of the molecule is Cc1ncc(N2CCN(C)CC2)c(Oc2cccc(NC(=O)OC(C)(C)C)c2)n1. The van der Waals surface area contributed by atoms with Gasteiger partial charge in [0.1, 0.15) is 22.9 Å². The Bertz CT molecular complexity index is 858. The molecule has 8 nitrogen and oxygen atoms in total. The Morgan fingerprint density at radius 2 is 1.90 bits per heavy atom. The van der Waals surface area contributed by atoms with Crippen molar-refractivity contribution in [2.75, 3.05) is 43.4 Å². The Morgan fingerprint density at radius 1 is 1.17 bits per heavy atom. The summed E-state index contributed by atoms with van der Waals surface area (Å²) >= 11 is 0. The van der Waals surface area contributed by atoms with Crippen LogP contribution in [0.5, 0.6) is 11.6 Å². The lowest BCUT2D eigenvalue weighted by Crippen LogP contribution is -2.44. The molecule has 1 aliphatic heterocycles. The maximum atomic E-state index is 12.0. The molecule has 1 fully saturated rings. The van der Waals surface area contributed by atoms with Crippen molar-refractivity contribution < 1.29 is 14.3 Å². The number of nitrogens with one attached hydrogen (secondary N) is 1. The van der Waals surface area contributed by atoms with Gasteiger partial charge < -0.3 is 19.3 Å². The van der Waals surface area contributed by atoms with E-state index in [0.717, 1.165) is 31.9 Å². The Labute approximate surface area is 171 Å². The number of piperazine rings is 1. The molecule has 3 rings (SSSR count). The Balaban J connectivity index is 1.76. The van der Waals surface area contributed by atoms with E-state index in [1.807, 2.05) is 46.0 Å². The van der Waals surface area contributed by atoms with Gasteiger partial charge in [-0.3, -0.25) is 5.32 Å². The third-order valence-electron chi connectivity index (χ3n) is 4.39. The molecule has 1 aliphatic rings. The minimum absolute atomic E-state index is 0.509. The minimum atomic E-state index is -0.561. The van der Waals surface area contributed by atoms with E-state index in [1.54, 1.807) is 12.1 Å². The predicted molar refractivity (Wildman–Crippen MR) is 113 cm³/mol. The van der Waals surface area contributed by atoms with Crippen LogP contribution in [0.4, 0.5) is 16.2 Å². The summed E-state index contributed by atoms with van der Waals surface area (Å²) in [6.07, 6.45) is 1.30. The fourth-order valence-corrected chi connectivity index (χ4v) is 2.95. The lowest BCUT2D eigenvalue weighted by Gasteiger charge is -2.34. The van der Waals surface area contributed by atoms with E-state index in [1.165, 1.54) is 0 Å². The number of hydrogen-bond acceptors (Lipinski definition) is 7. The summed E-state index contributed by atoms with van der Waals surface area (Å²) in [4.78, 5) is 25.4. The predicted octanol–water partition coefficient (Wildman–Crippen LogP) is 3.68. The Hall–Kier alpha value is -2.87. The van der Waals surface area contributed by atoms with Gasteiger partial charge in [-0.05, 0) is 46.9 Å². The molecule has 1 N–H and O–H groups in total. The minimum Gasteiger partial charge on any atom is -0.444 e. The number of ether oxygens (including phenoxy) is 2. The maximum Gasteiger partial charge on any atom is 0.412 e. The van der Waals surface area contributed by atoms with Crippen molar-refractivity contribution in [3.8, 4) is 11.6 Å². The van der Waals surface area contributed by atoms with E-state index in [4.69, 9.17) is 9.47 Å². The van der Waals surface area contributed by atoms with Crippen LogP contribution in [0.25, 0.3) is 0 Å². The first kappa shape index (κ1) is 20.9. The molecule has 0 atom stereocenters. The smallest absolute Gasteiger partial charge is 0.412 e. The van der Waals surface area contributed by atoms with Crippen molar-refractivity contribution in [1.29, 1.82) is 0 Å². The summed E-state index contributed by atoms with van der Waals surface area (Å²) in [6.45, 7) is 11.0. The first-order valence-corrected chi connectivity index (χ1v) is 9.75. The highest BCUT2D eigenvalue weighted by molar-refractivity contribution is 5.85. The van der Waals surface area contributed by atoms with Crippen LogP contribution < -0.4 is 15.0 Å². The standard InChI is InChI=1S/C21H29N5O3/c1-15-22-14-18(26-11-9-25(5)10-12-26)19(23-15)28-17-8-6-7-16(13-17)24-20(27)29-21(2,3)4/h6-8,13-14H,9-12H2,1-5H3,(H,24,27). The van der Waals surface area contributed by atoms with Crippen molar-refractivity contribution >= 4 is 17.5 Å². The molecular weight excluding hydrogens is 370 g/mol. The van der Waals surface area contributed by atoms with Crippen LogP contribution in [0.3, 0.4) is 0 Å². The van der Waals surface area contributed by atoms with Crippen molar-refractivity contribution in [2.24, 2.45) is 0 Å². The zero-order chi connectivity index (χ0) is 21.0. The first-order chi connectivity index (χ1) is 13.7. The molecule has 0 unspecified atom stereocenters. The van der Waals surface area contributed by atoms with Gasteiger partial charge in [-0.1, -0.05) is 6.07 Å². The van der Waals surface area contributed by atoms with Gasteiger partial charge in [0.2, 0.25) is 5.88 Å². The normalized spacial score (nSPS) is 15.1. The molecule has 1 amide bonds. The third kappa shape index (κ3) is 6.05. The molecule has 8 heteroatoms. The zero-order valence-electron chi connectivity index (χ0n) is 17.7. The van der Waals surface area contributed by atoms with E-state index < -0.39 is 11.7 Å². The molecule has 1 aromatic carbocycles. The van der Waals surface area contributed by atoms with Crippen LogP contribution in [-0.4, -0.2) is 59.8 Å². The molecule has 0 spiro atoms. The van der Waals surface area contributed by atoms with Crippen LogP contribution in [0.2, 0.25) is 0 Å². The number of carbonyl (C=O) groups is 1. The number of anilines is 2. The number of amides is 1. The van der Waals surface area contributed by atoms with Crippen molar-refractivity contribution in [2.45, 2.75) is 33.3 Å². The van der Waals surface area contributed by atoms with Crippen LogP contribution in [-0.2, 0) is 4.74 Å². The number of nitrogens with zero attached hydrogens (tertiary/aromatic N) is 4. The van der Waals surface area contributed by atoms with Gasteiger partial charge in [0.15, 0.2) is 0 Å². The molecule has 2 aromatic rings. The van der Waals surface area contributed by atoms with Gasteiger partial charge in [-0.2, -0.15) is 4.98 Å². The van der Waals surface area contributed by atoms with Crippen molar-refractivity contribution in [3.05, 3.63) is 36.3 Å². The topological polar surface area (TPSA) is 79.8 Å². The molecule has 0 bridgehead atoms. The number of rotatable bonds is 4. The van der Waals surface area contributed by atoms with Gasteiger partial charge in [0.25, 0.3) is 0 Å². The van der Waals surface area contributed by atoms with Gasteiger partial charge in [0, 0.05) is 37.9 Å². The summed E-state index contributed by atoms with van der Waals surface area (Å²) in [5.41, 5.74) is 0.895. The van der Waals surface area contributed by atoms with Crippen LogP contribution >= 0.6 is 0 Å². The highest BCUT2D eigenvalue weighted by atomic mass is 16.6. The zero-order valence-corrected chi connectivity index (χ0v) is 17.7. The first-order valence-electron chi connectivity index (χ1n) is 9.75. The van der Waals surface area contributed by atoms with Gasteiger partial charge in [0.05, 0.1) is 6.20 Å². The third-order valence-corrected chi connectivity index (χ3v) is 4.39. The van der Waals surface area contributed by atoms with Gasteiger partial charge in [-0.15, -0.1) is 0 Å². The van der Waals surface area contributed by atoms with E-state index in [0.29, 0.717) is 23.1 Å². The Kier molecular flexibility index (Phi) is 6.22. The molecule has 29 heavy (non-hydrogen) atoms. The van der Waals surface area contributed by atoms with Crippen LogP contribution in [0.1, 0.15) is 26.6 Å². The van der Waals surface area contributed by atoms with E-state index >= 15 is 0 Å². The molecule has 1 saturated heterocycles. The highest BCUT2D eigenvalue weighted by Crippen LogP contribution is 2.31. The highest BCUT2D eigenvalue weighted by Gasteiger charge is 2.20. The molecule has 0 saturated carbocycles. The van der Waals surface area contributed by atoms with Crippen molar-refractivity contribution in [3.63, 3.8) is 0 Å². The lowest BCUT2D eigenvalue weighted by atomic mass is 10.2. The number of benzene rings is 1. The fourth-order valence-electron chi connectivity index (χ4n) is 2.95. The lowest BCUT2D eigenvalue weighted by molar-refractivity contribution is 0.0636. The second-order valence-electron chi connectivity index (χ2n) is 8.15. The quantitative estimate of drug-likeness (QED) is 0.840. The monoisotopic (exact) mass is 399 g/mol. The Morgan fingerprint density at radius 3 is 2.59 bits per heavy atom. The van der Waals surface area contributed by atoms with Crippen molar-refractivity contribution in [1.82, 2.24) is 14.9 Å². The summed E-state index contributed by atoms with van der Waals surface area (Å²) in [5.74, 6) is 1.73. The molecule has 0 aliphatic carbocycles. The van der Waals surface area contributed by atoms with Gasteiger partial charge >= 0.3 is 6.09 Å². The summed E-state index contributed by atoms with van der Waals surface area (Å²) in [7, 11) is 2.11. The van der Waals surface area contributed by atoms with Crippen LogP contribution in [0.15, 0.2) is 30.5 Å². The average Bonchev–Trinajstić information content (AvgIpc) is 2.61. The molecule has 156 valence electrons. The second-order valence-corrected chi connectivity index (χ2v) is 8.15. The number of aromatic nitrogens is 2. The average molecular weight is 399 g/mol. The largest absolute Gasteiger partial charge is 0.444 e. The number of hydrogen-bond donors (Lipinski definition) is 1. The second kappa shape index (κ2) is 8.65. The fraction of sp³-hybridized carbons (Fsp3) is 0.476. The molecular formula is C21H29N5O3. The molecule has 1 aromatic heterocycles. The number of carbonyl (C=O) groups excluding carboxylic acids is 1.